The Morgan fingerprint density at radius 2 is 2.14 bits per heavy atom. The Labute approximate surface area is 90.6 Å². The average Bonchev–Trinajstić information content (AvgIpc) is 2.22. The molecule has 0 heterocycles. The van der Waals surface area contributed by atoms with Crippen LogP contribution >= 0.6 is 11.6 Å². The fraction of sp³-hybridized carbons (Fsp3) is 0.800. The number of rotatable bonds is 7. The summed E-state index contributed by atoms with van der Waals surface area (Å²) in [4.78, 5) is 13.0. The number of amides is 1. The summed E-state index contributed by atoms with van der Waals surface area (Å²) in [5.74, 6) is -0.0598. The van der Waals surface area contributed by atoms with Crippen LogP contribution in [0.2, 0.25) is 0 Å². The van der Waals surface area contributed by atoms with E-state index in [-0.39, 0.29) is 11.8 Å². The van der Waals surface area contributed by atoms with Crippen molar-refractivity contribution in [2.75, 3.05) is 19.0 Å². The van der Waals surface area contributed by atoms with Gasteiger partial charge in [-0.2, -0.15) is 5.26 Å². The number of halogens is 1. The summed E-state index contributed by atoms with van der Waals surface area (Å²) in [5.41, 5.74) is 0. The van der Waals surface area contributed by atoms with Crippen LogP contribution in [0.1, 0.15) is 32.6 Å². The first-order valence-electron chi connectivity index (χ1n) is 4.97. The highest BCUT2D eigenvalue weighted by molar-refractivity contribution is 6.27. The van der Waals surface area contributed by atoms with Crippen LogP contribution in [0.15, 0.2) is 0 Å². The first-order chi connectivity index (χ1) is 6.76. The van der Waals surface area contributed by atoms with E-state index in [1.165, 1.54) is 0 Å². The van der Waals surface area contributed by atoms with E-state index in [1.54, 1.807) is 4.90 Å². The standard InChI is InChI=1S/C10H17ClN2O/c1-2-3-4-7-13(8-5-6-12)10(14)9-11/h2-5,7-9H2,1H3. The van der Waals surface area contributed by atoms with E-state index in [9.17, 15) is 4.79 Å². The normalized spacial score (nSPS) is 9.50. The lowest BCUT2D eigenvalue weighted by atomic mass is 10.2. The molecule has 0 aromatic carbocycles. The molecule has 0 saturated heterocycles. The molecule has 0 rings (SSSR count). The molecule has 0 aliphatic heterocycles. The predicted octanol–water partition coefficient (Wildman–Crippen LogP) is 2.16. The van der Waals surface area contributed by atoms with Gasteiger partial charge < -0.3 is 4.90 Å². The van der Waals surface area contributed by atoms with Crippen molar-refractivity contribution in [2.45, 2.75) is 32.6 Å². The van der Waals surface area contributed by atoms with Crippen LogP contribution in [0.3, 0.4) is 0 Å². The number of alkyl halides is 1. The van der Waals surface area contributed by atoms with Crippen molar-refractivity contribution in [3.63, 3.8) is 0 Å². The zero-order valence-corrected chi connectivity index (χ0v) is 9.39. The summed E-state index contributed by atoms with van der Waals surface area (Å²) in [5, 5.41) is 8.42. The predicted molar refractivity (Wildman–Crippen MR) is 57.1 cm³/mol. The molecule has 80 valence electrons. The molecule has 14 heavy (non-hydrogen) atoms. The van der Waals surface area contributed by atoms with Crippen molar-refractivity contribution in [3.8, 4) is 6.07 Å². The van der Waals surface area contributed by atoms with Crippen LogP contribution in [-0.4, -0.2) is 29.8 Å². The highest BCUT2D eigenvalue weighted by Crippen LogP contribution is 2.01. The van der Waals surface area contributed by atoms with Crippen LogP contribution in [-0.2, 0) is 4.79 Å². The summed E-state index contributed by atoms with van der Waals surface area (Å²) >= 11 is 5.46. The third-order valence-corrected chi connectivity index (χ3v) is 2.22. The van der Waals surface area contributed by atoms with Gasteiger partial charge >= 0.3 is 0 Å². The van der Waals surface area contributed by atoms with Gasteiger partial charge in [0.05, 0.1) is 12.5 Å². The molecule has 0 fully saturated rings. The summed E-state index contributed by atoms with van der Waals surface area (Å²) in [6.07, 6.45) is 3.61. The third-order valence-electron chi connectivity index (χ3n) is 1.99. The fourth-order valence-electron chi connectivity index (χ4n) is 1.18. The first kappa shape index (κ1) is 13.2. The maximum atomic E-state index is 11.3. The molecule has 0 bridgehead atoms. The maximum Gasteiger partial charge on any atom is 0.237 e. The number of hydrogen-bond donors (Lipinski definition) is 0. The van der Waals surface area contributed by atoms with Crippen molar-refractivity contribution >= 4 is 17.5 Å². The molecule has 0 saturated carbocycles. The Morgan fingerprint density at radius 1 is 1.43 bits per heavy atom. The maximum absolute atomic E-state index is 11.3. The molecule has 0 radical (unpaired) electrons. The molecule has 0 unspecified atom stereocenters. The van der Waals surface area contributed by atoms with Gasteiger partial charge in [-0.25, -0.2) is 0 Å². The quantitative estimate of drug-likeness (QED) is 0.484. The van der Waals surface area contributed by atoms with Gasteiger partial charge in [0.2, 0.25) is 5.91 Å². The molecular formula is C10H17ClN2O. The molecule has 0 aliphatic rings. The monoisotopic (exact) mass is 216 g/mol. The number of carbonyl (C=O) groups excluding carboxylic acids is 1. The minimum atomic E-state index is -0.0713. The van der Waals surface area contributed by atoms with Gasteiger partial charge in [-0.3, -0.25) is 4.79 Å². The molecular weight excluding hydrogens is 200 g/mol. The Balaban J connectivity index is 3.85. The minimum Gasteiger partial charge on any atom is -0.341 e. The van der Waals surface area contributed by atoms with E-state index in [0.29, 0.717) is 13.0 Å². The zero-order chi connectivity index (χ0) is 10.8. The van der Waals surface area contributed by atoms with E-state index < -0.39 is 0 Å². The number of nitrogens with zero attached hydrogens (tertiary/aromatic N) is 2. The molecule has 0 N–H and O–H groups in total. The third kappa shape index (κ3) is 5.82. The van der Waals surface area contributed by atoms with Crippen molar-refractivity contribution in [1.29, 1.82) is 5.26 Å². The zero-order valence-electron chi connectivity index (χ0n) is 8.63. The minimum absolute atomic E-state index is 0.0115. The topological polar surface area (TPSA) is 44.1 Å². The van der Waals surface area contributed by atoms with Crippen LogP contribution in [0.25, 0.3) is 0 Å². The van der Waals surface area contributed by atoms with Crippen LogP contribution in [0.5, 0.6) is 0 Å². The Morgan fingerprint density at radius 3 is 2.64 bits per heavy atom. The van der Waals surface area contributed by atoms with Crippen molar-refractivity contribution in [1.82, 2.24) is 4.90 Å². The number of nitriles is 1. The van der Waals surface area contributed by atoms with E-state index >= 15 is 0 Å². The molecule has 0 aromatic heterocycles. The second-order valence-corrected chi connectivity index (χ2v) is 3.40. The molecule has 0 atom stereocenters. The summed E-state index contributed by atoms with van der Waals surface area (Å²) in [7, 11) is 0. The Bertz CT molecular complexity index is 201. The van der Waals surface area contributed by atoms with Crippen LogP contribution in [0, 0.1) is 11.3 Å². The van der Waals surface area contributed by atoms with Crippen molar-refractivity contribution < 1.29 is 4.79 Å². The molecule has 0 aliphatic carbocycles. The number of unbranched alkanes of at least 4 members (excludes halogenated alkanes) is 2. The SMILES string of the molecule is CCCCCN(CCC#N)C(=O)CCl. The largest absolute Gasteiger partial charge is 0.341 e. The van der Waals surface area contributed by atoms with Gasteiger partial charge in [0.1, 0.15) is 5.88 Å². The molecule has 3 nitrogen and oxygen atoms in total. The van der Waals surface area contributed by atoms with Crippen molar-refractivity contribution in [3.05, 3.63) is 0 Å². The van der Waals surface area contributed by atoms with Gasteiger partial charge in [-0.05, 0) is 6.42 Å². The Hall–Kier alpha value is -0.750. The van der Waals surface area contributed by atoms with E-state index in [2.05, 4.69) is 6.92 Å². The second-order valence-electron chi connectivity index (χ2n) is 3.13. The van der Waals surface area contributed by atoms with E-state index in [1.807, 2.05) is 6.07 Å². The fourth-order valence-corrected chi connectivity index (χ4v) is 1.35. The lowest BCUT2D eigenvalue weighted by Gasteiger charge is -2.20. The molecule has 0 aromatic rings. The average molecular weight is 217 g/mol. The Kier molecular flexibility index (Phi) is 8.36. The van der Waals surface area contributed by atoms with Gasteiger partial charge in [0.25, 0.3) is 0 Å². The highest BCUT2D eigenvalue weighted by atomic mass is 35.5. The van der Waals surface area contributed by atoms with Crippen LogP contribution < -0.4 is 0 Å². The summed E-state index contributed by atoms with van der Waals surface area (Å²) in [6.45, 7) is 3.34. The summed E-state index contributed by atoms with van der Waals surface area (Å²) < 4.78 is 0. The molecule has 4 heteroatoms. The van der Waals surface area contributed by atoms with Gasteiger partial charge in [-0.1, -0.05) is 19.8 Å². The van der Waals surface area contributed by atoms with Crippen LogP contribution in [0.4, 0.5) is 0 Å². The lowest BCUT2D eigenvalue weighted by molar-refractivity contribution is -0.128. The van der Waals surface area contributed by atoms with Gasteiger partial charge in [0.15, 0.2) is 0 Å². The number of carbonyl (C=O) groups is 1. The van der Waals surface area contributed by atoms with E-state index in [4.69, 9.17) is 16.9 Å². The van der Waals surface area contributed by atoms with E-state index in [0.717, 1.165) is 25.8 Å². The van der Waals surface area contributed by atoms with Crippen molar-refractivity contribution in [2.24, 2.45) is 0 Å². The van der Waals surface area contributed by atoms with Gasteiger partial charge in [0, 0.05) is 13.1 Å². The summed E-state index contributed by atoms with van der Waals surface area (Å²) in [6, 6.07) is 2.03. The lowest BCUT2D eigenvalue weighted by Crippen LogP contribution is -2.33. The number of hydrogen-bond acceptors (Lipinski definition) is 2. The highest BCUT2D eigenvalue weighted by Gasteiger charge is 2.10. The second kappa shape index (κ2) is 8.83. The first-order valence-corrected chi connectivity index (χ1v) is 5.50. The molecule has 1 amide bonds. The van der Waals surface area contributed by atoms with Gasteiger partial charge in [-0.15, -0.1) is 11.6 Å². The molecule has 0 spiro atoms. The smallest absolute Gasteiger partial charge is 0.237 e.